The number of aliphatic carboxylic acids is 1. The predicted molar refractivity (Wildman–Crippen MR) is 102 cm³/mol. The van der Waals surface area contributed by atoms with Crippen molar-refractivity contribution in [2.75, 3.05) is 0 Å². The molecule has 0 unspecified atom stereocenters. The van der Waals surface area contributed by atoms with Crippen LogP contribution in [-0.4, -0.2) is 44.4 Å². The molecule has 0 aliphatic heterocycles. The summed E-state index contributed by atoms with van der Waals surface area (Å²) < 4.78 is 16.1. The topological polar surface area (TPSA) is 94.8 Å². The van der Waals surface area contributed by atoms with Crippen molar-refractivity contribution in [3.05, 3.63) is 23.8 Å². The van der Waals surface area contributed by atoms with Gasteiger partial charge in [-0.05, 0) is 62.0 Å². The minimum atomic E-state index is -1.98. The lowest BCUT2D eigenvalue weighted by Crippen LogP contribution is -2.64. The largest absolute Gasteiger partial charge is 0.479 e. The summed E-state index contributed by atoms with van der Waals surface area (Å²) in [7, 11) is 0. The molecular weight excluding hydrogens is 363 g/mol. The summed E-state index contributed by atoms with van der Waals surface area (Å²) in [6.45, 7) is 5.30. The molecular formula is C22H31FO5. The van der Waals surface area contributed by atoms with Crippen molar-refractivity contribution in [1.29, 1.82) is 0 Å². The number of hydrogen-bond donors (Lipinski definition) is 3. The van der Waals surface area contributed by atoms with Crippen LogP contribution < -0.4 is 0 Å². The second kappa shape index (κ2) is 7.06. The highest BCUT2D eigenvalue weighted by molar-refractivity contribution is 5.99. The first kappa shape index (κ1) is 21.2. The molecule has 3 N–H and O–H groups in total. The van der Waals surface area contributed by atoms with Gasteiger partial charge in [0, 0.05) is 11.8 Å². The van der Waals surface area contributed by atoms with Gasteiger partial charge in [0.25, 0.3) is 0 Å². The normalized spacial score (nSPS) is 47.1. The Balaban J connectivity index is 1.92. The number of halogens is 1. The summed E-state index contributed by atoms with van der Waals surface area (Å²) >= 11 is 0. The van der Waals surface area contributed by atoms with Crippen LogP contribution in [0.3, 0.4) is 0 Å². The van der Waals surface area contributed by atoms with Gasteiger partial charge in [0.15, 0.2) is 11.4 Å². The van der Waals surface area contributed by atoms with E-state index in [-0.39, 0.29) is 24.5 Å². The van der Waals surface area contributed by atoms with Crippen LogP contribution in [0.25, 0.3) is 0 Å². The van der Waals surface area contributed by atoms with Gasteiger partial charge in [-0.25, -0.2) is 9.18 Å². The van der Waals surface area contributed by atoms with Gasteiger partial charge in [0.2, 0.25) is 0 Å². The molecule has 0 spiro atoms. The highest BCUT2D eigenvalue weighted by atomic mass is 19.1. The number of carboxylic acids is 1. The number of alkyl halides is 1. The lowest BCUT2D eigenvalue weighted by atomic mass is 9.51. The van der Waals surface area contributed by atoms with Gasteiger partial charge >= 0.3 is 5.97 Å². The molecule has 0 saturated heterocycles. The molecule has 3 aliphatic rings. The Hall–Kier alpha value is -1.53. The third-order valence-corrected chi connectivity index (χ3v) is 7.75. The number of carboxylic acid groups (broad SMARTS) is 1. The molecule has 3 fully saturated rings. The van der Waals surface area contributed by atoms with E-state index in [2.05, 4.69) is 0 Å². The molecule has 0 radical (unpaired) electrons. The van der Waals surface area contributed by atoms with Gasteiger partial charge in [-0.2, -0.15) is 0 Å². The number of aliphatic hydroxyl groups is 2. The molecule has 6 heteroatoms. The second-order valence-corrected chi connectivity index (χ2v) is 9.22. The molecule has 0 aromatic rings. The highest BCUT2D eigenvalue weighted by Gasteiger charge is 2.72. The fourth-order valence-electron chi connectivity index (χ4n) is 6.25. The monoisotopic (exact) mass is 394 g/mol. The molecule has 0 heterocycles. The van der Waals surface area contributed by atoms with Gasteiger partial charge in [0.1, 0.15) is 5.67 Å². The SMILES string of the molecule is CC/C=C\C(=O)/C=C1/CC[C@H]2[C@H]3C[C@@H](C)[C@](O)(C(=O)O)[C@@]3(C)C[C@H](O)[C@]2(F)C1. The van der Waals surface area contributed by atoms with Gasteiger partial charge in [-0.1, -0.05) is 32.4 Å². The molecule has 0 bridgehead atoms. The van der Waals surface area contributed by atoms with Crippen molar-refractivity contribution in [3.63, 3.8) is 0 Å². The first-order valence-corrected chi connectivity index (χ1v) is 10.2. The fourth-order valence-corrected chi connectivity index (χ4v) is 6.25. The predicted octanol–water partition coefficient (Wildman–Crippen LogP) is 3.20. The fraction of sp³-hybridized carbons (Fsp3) is 0.727. The summed E-state index contributed by atoms with van der Waals surface area (Å²) in [5, 5.41) is 31.5. The number of carbonyl (C=O) groups excluding carboxylic acids is 1. The average Bonchev–Trinajstić information content (AvgIpc) is 2.82. The van der Waals surface area contributed by atoms with E-state index >= 15 is 4.39 Å². The van der Waals surface area contributed by atoms with Crippen molar-refractivity contribution in [3.8, 4) is 0 Å². The molecule has 3 saturated carbocycles. The third-order valence-electron chi connectivity index (χ3n) is 7.75. The van der Waals surface area contributed by atoms with Crippen molar-refractivity contribution in [1.82, 2.24) is 0 Å². The minimum Gasteiger partial charge on any atom is -0.479 e. The van der Waals surface area contributed by atoms with E-state index < -0.39 is 40.6 Å². The Morgan fingerprint density at radius 2 is 2.00 bits per heavy atom. The van der Waals surface area contributed by atoms with Gasteiger partial charge < -0.3 is 15.3 Å². The molecule has 5 nitrogen and oxygen atoms in total. The molecule has 7 atom stereocenters. The quantitative estimate of drug-likeness (QED) is 0.637. The van der Waals surface area contributed by atoms with E-state index in [0.717, 1.165) is 6.42 Å². The maximum atomic E-state index is 16.1. The van der Waals surface area contributed by atoms with Crippen LogP contribution in [0, 0.1) is 23.2 Å². The number of aliphatic hydroxyl groups excluding tert-OH is 1. The summed E-state index contributed by atoms with van der Waals surface area (Å²) in [6, 6.07) is 0. The van der Waals surface area contributed by atoms with Crippen LogP contribution in [0.2, 0.25) is 0 Å². The Morgan fingerprint density at radius 3 is 2.61 bits per heavy atom. The summed E-state index contributed by atoms with van der Waals surface area (Å²) in [5.74, 6) is -2.85. The number of hydrogen-bond acceptors (Lipinski definition) is 4. The zero-order chi connectivity index (χ0) is 20.9. The van der Waals surface area contributed by atoms with E-state index in [9.17, 15) is 24.9 Å². The van der Waals surface area contributed by atoms with Crippen LogP contribution in [-0.2, 0) is 9.59 Å². The molecule has 3 rings (SSSR count). The van der Waals surface area contributed by atoms with E-state index in [0.29, 0.717) is 24.8 Å². The molecule has 3 aliphatic carbocycles. The molecule has 0 amide bonds. The molecule has 0 aromatic heterocycles. The van der Waals surface area contributed by atoms with Crippen LogP contribution >= 0.6 is 0 Å². The molecule has 0 aromatic carbocycles. The van der Waals surface area contributed by atoms with Crippen LogP contribution in [0.1, 0.15) is 59.3 Å². The highest BCUT2D eigenvalue weighted by Crippen LogP contribution is 2.66. The lowest BCUT2D eigenvalue weighted by molar-refractivity contribution is -0.209. The number of rotatable bonds is 4. The van der Waals surface area contributed by atoms with Crippen LogP contribution in [0.15, 0.2) is 23.8 Å². The first-order chi connectivity index (χ1) is 13.0. The van der Waals surface area contributed by atoms with Gasteiger partial charge in [-0.15, -0.1) is 0 Å². The Bertz CT molecular complexity index is 730. The summed E-state index contributed by atoms with van der Waals surface area (Å²) in [6.07, 6.45) is 5.34. The van der Waals surface area contributed by atoms with Crippen LogP contribution in [0.5, 0.6) is 0 Å². The van der Waals surface area contributed by atoms with Crippen LogP contribution in [0.4, 0.5) is 4.39 Å². The van der Waals surface area contributed by atoms with Crippen molar-refractivity contribution >= 4 is 11.8 Å². The zero-order valence-corrected chi connectivity index (χ0v) is 16.8. The average molecular weight is 394 g/mol. The first-order valence-electron chi connectivity index (χ1n) is 10.2. The standard InChI is InChI=1S/C22H31FO5/c1-4-5-6-15(24)10-14-7-8-16-17-9-13(2)22(28,19(26)27)20(17,3)12-18(25)21(16,23)11-14/h5-6,10,13,16-18,25,28H,4,7-9,11-12H2,1-3H3,(H,26,27)/b6-5-,14-10-/t13-,16+,17-,18+,20+,21+,22+/m1/s1. The third kappa shape index (κ3) is 2.88. The summed E-state index contributed by atoms with van der Waals surface area (Å²) in [4.78, 5) is 23.9. The second-order valence-electron chi connectivity index (χ2n) is 9.22. The smallest absolute Gasteiger partial charge is 0.336 e. The van der Waals surface area contributed by atoms with E-state index in [1.807, 2.05) is 6.92 Å². The van der Waals surface area contributed by atoms with Gasteiger partial charge in [0.05, 0.1) is 6.10 Å². The number of allylic oxidation sites excluding steroid dienone is 4. The maximum Gasteiger partial charge on any atom is 0.336 e. The summed E-state index contributed by atoms with van der Waals surface area (Å²) in [5.41, 5.74) is -4.27. The van der Waals surface area contributed by atoms with Crippen molar-refractivity contribution in [2.45, 2.75) is 76.7 Å². The Labute approximate surface area is 165 Å². The van der Waals surface area contributed by atoms with E-state index in [4.69, 9.17) is 0 Å². The zero-order valence-electron chi connectivity index (χ0n) is 16.8. The minimum absolute atomic E-state index is 0.0169. The Kier molecular flexibility index (Phi) is 5.34. The van der Waals surface area contributed by atoms with Crippen molar-refractivity contribution < 1.29 is 29.3 Å². The van der Waals surface area contributed by atoms with E-state index in [1.54, 1.807) is 19.9 Å². The van der Waals surface area contributed by atoms with E-state index in [1.165, 1.54) is 12.2 Å². The number of carbonyl (C=O) groups is 2. The molecule has 156 valence electrons. The Morgan fingerprint density at radius 1 is 1.32 bits per heavy atom. The number of fused-ring (bicyclic) bond motifs is 3. The lowest BCUT2D eigenvalue weighted by Gasteiger charge is -2.56. The van der Waals surface area contributed by atoms with Gasteiger partial charge in [-0.3, -0.25) is 4.79 Å². The van der Waals surface area contributed by atoms with Crippen molar-refractivity contribution in [2.24, 2.45) is 23.2 Å². The maximum absolute atomic E-state index is 16.1. The molecule has 28 heavy (non-hydrogen) atoms. The number of ketones is 1.